The predicted octanol–water partition coefficient (Wildman–Crippen LogP) is 3.60. The smallest absolute Gasteiger partial charge is 0.222 e. The highest BCUT2D eigenvalue weighted by Gasteiger charge is 2.12. The van der Waals surface area contributed by atoms with Crippen molar-refractivity contribution in [2.45, 2.75) is 18.9 Å². The zero-order valence-electron chi connectivity index (χ0n) is 13.1. The Balaban J connectivity index is 1.47. The molecule has 0 spiro atoms. The molecule has 5 heteroatoms. The second-order valence-corrected chi connectivity index (χ2v) is 6.19. The minimum atomic E-state index is -0.824. The first-order valence-corrected chi connectivity index (χ1v) is 8.26. The van der Waals surface area contributed by atoms with Crippen LogP contribution in [0, 0.1) is 0 Å². The van der Waals surface area contributed by atoms with Crippen LogP contribution in [0.25, 0.3) is 10.9 Å². The van der Waals surface area contributed by atoms with Gasteiger partial charge in [0.05, 0.1) is 12.5 Å². The van der Waals surface area contributed by atoms with Crippen LogP contribution < -0.4 is 5.32 Å². The molecule has 1 unspecified atom stereocenters. The molecule has 2 aromatic carbocycles. The number of aliphatic hydroxyl groups is 1. The number of benzene rings is 2. The first kappa shape index (κ1) is 16.6. The Labute approximate surface area is 145 Å². The minimum absolute atomic E-state index is 0.0360. The maximum absolute atomic E-state index is 11.9. The van der Waals surface area contributed by atoms with Crippen LogP contribution in [0.15, 0.2) is 54.6 Å². The van der Waals surface area contributed by atoms with Crippen molar-refractivity contribution in [3.8, 4) is 0 Å². The van der Waals surface area contributed by atoms with Crippen LogP contribution in [-0.4, -0.2) is 22.5 Å². The van der Waals surface area contributed by atoms with E-state index in [1.165, 1.54) is 0 Å². The number of hydrogen-bond donors (Lipinski definition) is 3. The fourth-order valence-corrected chi connectivity index (χ4v) is 2.78. The quantitative estimate of drug-likeness (QED) is 0.640. The van der Waals surface area contributed by atoms with Gasteiger partial charge in [-0.15, -0.1) is 0 Å². The molecule has 0 aliphatic rings. The molecule has 1 aromatic heterocycles. The summed E-state index contributed by atoms with van der Waals surface area (Å²) in [5.41, 5.74) is 2.86. The molecule has 24 heavy (non-hydrogen) atoms. The number of amides is 1. The molecule has 1 heterocycles. The van der Waals surface area contributed by atoms with E-state index in [0.717, 1.165) is 23.0 Å². The fourth-order valence-electron chi connectivity index (χ4n) is 2.66. The second kappa shape index (κ2) is 7.51. The fraction of sp³-hybridized carbons (Fsp3) is 0.211. The van der Waals surface area contributed by atoms with Gasteiger partial charge in [-0.2, -0.15) is 0 Å². The lowest BCUT2D eigenvalue weighted by molar-refractivity contribution is -0.123. The van der Waals surface area contributed by atoms with Gasteiger partial charge < -0.3 is 15.4 Å². The number of H-pyrrole nitrogens is 1. The number of fused-ring (bicyclic) bond motifs is 1. The predicted molar refractivity (Wildman–Crippen MR) is 96.0 cm³/mol. The largest absolute Gasteiger partial charge is 0.388 e. The summed E-state index contributed by atoms with van der Waals surface area (Å²) in [5.74, 6) is -0.173. The normalized spacial score (nSPS) is 12.2. The van der Waals surface area contributed by atoms with Gasteiger partial charge in [-0.1, -0.05) is 41.9 Å². The van der Waals surface area contributed by atoms with Gasteiger partial charge in [0.25, 0.3) is 0 Å². The molecular formula is C19H19ClN2O2. The Kier molecular flexibility index (Phi) is 5.18. The molecule has 0 saturated heterocycles. The van der Waals surface area contributed by atoms with Gasteiger partial charge in [-0.3, -0.25) is 4.79 Å². The summed E-state index contributed by atoms with van der Waals surface area (Å²) in [6.45, 7) is 0.527. The van der Waals surface area contributed by atoms with Crippen LogP contribution in [0.5, 0.6) is 0 Å². The van der Waals surface area contributed by atoms with Gasteiger partial charge in [-0.05, 0) is 35.2 Å². The van der Waals surface area contributed by atoms with Crippen LogP contribution in [0.4, 0.5) is 0 Å². The lowest BCUT2D eigenvalue weighted by Crippen LogP contribution is -2.27. The summed E-state index contributed by atoms with van der Waals surface area (Å²) in [7, 11) is 0. The Hall–Kier alpha value is -2.30. The van der Waals surface area contributed by atoms with E-state index in [1.54, 1.807) is 24.3 Å². The van der Waals surface area contributed by atoms with E-state index in [1.807, 2.05) is 18.2 Å². The van der Waals surface area contributed by atoms with E-state index in [-0.39, 0.29) is 12.3 Å². The van der Waals surface area contributed by atoms with Crippen LogP contribution in [0.2, 0.25) is 5.02 Å². The summed E-state index contributed by atoms with van der Waals surface area (Å²) in [5, 5.41) is 14.7. The molecule has 1 atom stereocenters. The molecule has 124 valence electrons. The number of nitrogens with one attached hydrogen (secondary N) is 2. The molecule has 4 nitrogen and oxygen atoms in total. The van der Waals surface area contributed by atoms with E-state index in [9.17, 15) is 9.90 Å². The van der Waals surface area contributed by atoms with Gasteiger partial charge >= 0.3 is 0 Å². The zero-order chi connectivity index (χ0) is 16.9. The molecule has 1 amide bonds. The number of carbonyl (C=O) groups excluding carboxylic acids is 1. The molecule has 0 fully saturated rings. The second-order valence-electron chi connectivity index (χ2n) is 5.75. The number of carbonyl (C=O) groups is 1. The number of halogens is 1. The van der Waals surface area contributed by atoms with E-state index in [0.29, 0.717) is 17.1 Å². The third-order valence-electron chi connectivity index (χ3n) is 3.94. The summed E-state index contributed by atoms with van der Waals surface area (Å²) in [4.78, 5) is 15.3. The Bertz CT molecular complexity index is 794. The number of hydrogen-bond acceptors (Lipinski definition) is 2. The molecule has 3 aromatic rings. The van der Waals surface area contributed by atoms with Crippen molar-refractivity contribution in [1.29, 1.82) is 0 Å². The van der Waals surface area contributed by atoms with Crippen LogP contribution in [0.3, 0.4) is 0 Å². The van der Waals surface area contributed by atoms with Crippen molar-refractivity contribution in [2.75, 3.05) is 6.54 Å². The maximum atomic E-state index is 11.9. The molecule has 0 aliphatic carbocycles. The zero-order valence-corrected chi connectivity index (χ0v) is 13.9. The van der Waals surface area contributed by atoms with E-state index < -0.39 is 6.10 Å². The van der Waals surface area contributed by atoms with Crippen molar-refractivity contribution in [2.24, 2.45) is 0 Å². The van der Waals surface area contributed by atoms with Gasteiger partial charge in [-0.25, -0.2) is 0 Å². The monoisotopic (exact) mass is 342 g/mol. The lowest BCUT2D eigenvalue weighted by Gasteiger charge is -2.11. The molecule has 0 saturated carbocycles. The van der Waals surface area contributed by atoms with Crippen LogP contribution >= 0.6 is 11.6 Å². The highest BCUT2D eigenvalue weighted by Crippen LogP contribution is 2.19. The van der Waals surface area contributed by atoms with Crippen LogP contribution in [0.1, 0.15) is 23.8 Å². The summed E-state index contributed by atoms with van der Waals surface area (Å²) >= 11 is 5.81. The standard InChI is InChI=1S/C19H19ClN2O2/c20-15-7-5-13(6-8-15)18(23)12-19(24)21-10-9-16-11-14-3-1-2-4-17(14)22-16/h1-8,11,18,22-23H,9-10,12H2,(H,21,24). The number of aromatic nitrogens is 1. The van der Waals surface area contributed by atoms with Crippen molar-refractivity contribution < 1.29 is 9.90 Å². The first-order valence-electron chi connectivity index (χ1n) is 7.88. The summed E-state index contributed by atoms with van der Waals surface area (Å²) in [6.07, 6.45) is -0.0680. The Morgan fingerprint density at radius 3 is 2.67 bits per heavy atom. The lowest BCUT2D eigenvalue weighted by atomic mass is 10.1. The van der Waals surface area contributed by atoms with Crippen molar-refractivity contribution >= 4 is 28.4 Å². The average Bonchev–Trinajstić information content (AvgIpc) is 2.98. The van der Waals surface area contributed by atoms with E-state index in [4.69, 9.17) is 11.6 Å². The third-order valence-corrected chi connectivity index (χ3v) is 4.19. The minimum Gasteiger partial charge on any atom is -0.388 e. The number of aromatic amines is 1. The molecule has 0 radical (unpaired) electrons. The highest BCUT2D eigenvalue weighted by molar-refractivity contribution is 6.30. The molecule has 0 aliphatic heterocycles. The van der Waals surface area contributed by atoms with Crippen molar-refractivity contribution in [3.63, 3.8) is 0 Å². The van der Waals surface area contributed by atoms with Gasteiger partial charge in [0, 0.05) is 29.2 Å². The van der Waals surface area contributed by atoms with Crippen LogP contribution in [-0.2, 0) is 11.2 Å². The van der Waals surface area contributed by atoms with Gasteiger partial charge in [0.1, 0.15) is 0 Å². The van der Waals surface area contributed by atoms with Gasteiger partial charge in [0.2, 0.25) is 5.91 Å². The topological polar surface area (TPSA) is 65.1 Å². The number of rotatable bonds is 6. The SMILES string of the molecule is O=C(CC(O)c1ccc(Cl)cc1)NCCc1cc2ccccc2[nH]1. The molecule has 3 rings (SSSR count). The molecule has 3 N–H and O–H groups in total. The van der Waals surface area contributed by atoms with Crippen molar-refractivity contribution in [3.05, 3.63) is 70.9 Å². The number of aliphatic hydroxyl groups excluding tert-OH is 1. The third kappa shape index (κ3) is 4.16. The summed E-state index contributed by atoms with van der Waals surface area (Å²) < 4.78 is 0. The Morgan fingerprint density at radius 1 is 1.17 bits per heavy atom. The maximum Gasteiger partial charge on any atom is 0.222 e. The number of para-hydroxylation sites is 1. The Morgan fingerprint density at radius 2 is 1.92 bits per heavy atom. The molecule has 0 bridgehead atoms. The van der Waals surface area contributed by atoms with E-state index >= 15 is 0 Å². The highest BCUT2D eigenvalue weighted by atomic mass is 35.5. The van der Waals surface area contributed by atoms with E-state index in [2.05, 4.69) is 22.4 Å². The first-order chi connectivity index (χ1) is 11.6. The van der Waals surface area contributed by atoms with Gasteiger partial charge in [0.15, 0.2) is 0 Å². The average molecular weight is 343 g/mol. The molecular weight excluding hydrogens is 324 g/mol. The van der Waals surface area contributed by atoms with Crippen molar-refractivity contribution in [1.82, 2.24) is 10.3 Å². The summed E-state index contributed by atoms with van der Waals surface area (Å²) in [6, 6.07) is 17.0.